The lowest BCUT2D eigenvalue weighted by atomic mass is 10.3. The van der Waals surface area contributed by atoms with E-state index in [-0.39, 0.29) is 12.5 Å². The van der Waals surface area contributed by atoms with Gasteiger partial charge in [0.1, 0.15) is 12.6 Å². The first-order chi connectivity index (χ1) is 6.56. The topological polar surface area (TPSA) is 55.8 Å². The summed E-state index contributed by atoms with van der Waals surface area (Å²) in [5, 5.41) is 0. The quantitative estimate of drug-likeness (QED) is 0.592. The molecule has 5 nitrogen and oxygen atoms in total. The van der Waals surface area contributed by atoms with Crippen LogP contribution in [0.1, 0.15) is 13.8 Å². The van der Waals surface area contributed by atoms with Gasteiger partial charge in [0.15, 0.2) is 0 Å². The van der Waals surface area contributed by atoms with E-state index in [0.717, 1.165) is 0 Å². The SMILES string of the molecule is CCN(CC(=O)OC)C(=O)C(C)OC. The van der Waals surface area contributed by atoms with Crippen LogP contribution in [-0.4, -0.2) is 50.2 Å². The highest BCUT2D eigenvalue weighted by Crippen LogP contribution is 1.98. The number of esters is 1. The molecular formula is C9H17NO4. The molecule has 0 heterocycles. The predicted molar refractivity (Wildman–Crippen MR) is 50.7 cm³/mol. The zero-order valence-corrected chi connectivity index (χ0v) is 9.07. The predicted octanol–water partition coefficient (Wildman–Crippen LogP) is 0.0428. The van der Waals surface area contributed by atoms with E-state index in [1.165, 1.54) is 19.1 Å². The Bertz CT molecular complexity index is 205. The number of rotatable bonds is 5. The van der Waals surface area contributed by atoms with Gasteiger partial charge in [0.2, 0.25) is 0 Å². The Kier molecular flexibility index (Phi) is 5.87. The Morgan fingerprint density at radius 3 is 2.29 bits per heavy atom. The van der Waals surface area contributed by atoms with Crippen molar-refractivity contribution in [3.8, 4) is 0 Å². The molecule has 0 aromatic heterocycles. The standard InChI is InChI=1S/C9H17NO4/c1-5-10(6-8(11)14-4)9(12)7(2)13-3/h7H,5-6H2,1-4H3. The molecule has 1 amide bonds. The number of hydrogen-bond donors (Lipinski definition) is 0. The molecule has 0 aliphatic carbocycles. The monoisotopic (exact) mass is 203 g/mol. The molecule has 0 fully saturated rings. The van der Waals surface area contributed by atoms with Crippen LogP contribution in [0, 0.1) is 0 Å². The summed E-state index contributed by atoms with van der Waals surface area (Å²) in [4.78, 5) is 23.9. The molecule has 0 aliphatic heterocycles. The maximum Gasteiger partial charge on any atom is 0.325 e. The lowest BCUT2D eigenvalue weighted by Gasteiger charge is -2.22. The van der Waals surface area contributed by atoms with Gasteiger partial charge in [0, 0.05) is 13.7 Å². The van der Waals surface area contributed by atoms with Crippen LogP contribution < -0.4 is 0 Å². The molecule has 82 valence electrons. The van der Waals surface area contributed by atoms with Crippen molar-refractivity contribution in [1.29, 1.82) is 0 Å². The number of ether oxygens (including phenoxy) is 2. The lowest BCUT2D eigenvalue weighted by Crippen LogP contribution is -2.41. The van der Waals surface area contributed by atoms with Gasteiger partial charge in [-0.15, -0.1) is 0 Å². The third kappa shape index (κ3) is 3.74. The summed E-state index contributed by atoms with van der Waals surface area (Å²) < 4.78 is 9.34. The first-order valence-electron chi connectivity index (χ1n) is 4.45. The van der Waals surface area contributed by atoms with Gasteiger partial charge in [-0.3, -0.25) is 9.59 Å². The molecule has 1 atom stereocenters. The summed E-state index contributed by atoms with van der Waals surface area (Å²) in [6.45, 7) is 3.87. The maximum atomic E-state index is 11.5. The second-order valence-electron chi connectivity index (χ2n) is 2.81. The molecule has 0 saturated heterocycles. The summed E-state index contributed by atoms with van der Waals surface area (Å²) in [5.41, 5.74) is 0. The largest absolute Gasteiger partial charge is 0.468 e. The second-order valence-corrected chi connectivity index (χ2v) is 2.81. The van der Waals surface area contributed by atoms with E-state index in [1.54, 1.807) is 13.8 Å². The van der Waals surface area contributed by atoms with Gasteiger partial charge in [0.25, 0.3) is 5.91 Å². The zero-order chi connectivity index (χ0) is 11.1. The van der Waals surface area contributed by atoms with E-state index in [9.17, 15) is 9.59 Å². The van der Waals surface area contributed by atoms with Crippen LogP contribution in [0.4, 0.5) is 0 Å². The van der Waals surface area contributed by atoms with E-state index in [1.807, 2.05) is 0 Å². The maximum absolute atomic E-state index is 11.5. The Balaban J connectivity index is 4.26. The molecule has 14 heavy (non-hydrogen) atoms. The number of likely N-dealkylation sites (N-methyl/N-ethyl adjacent to an activating group) is 1. The Morgan fingerprint density at radius 2 is 1.93 bits per heavy atom. The first-order valence-corrected chi connectivity index (χ1v) is 4.45. The number of nitrogens with zero attached hydrogens (tertiary/aromatic N) is 1. The highest BCUT2D eigenvalue weighted by atomic mass is 16.5. The summed E-state index contributed by atoms with van der Waals surface area (Å²) in [7, 11) is 2.74. The molecule has 5 heteroatoms. The molecule has 0 bridgehead atoms. The van der Waals surface area contributed by atoms with E-state index >= 15 is 0 Å². The molecule has 0 radical (unpaired) electrons. The minimum atomic E-state index is -0.528. The van der Waals surface area contributed by atoms with Crippen molar-refractivity contribution in [1.82, 2.24) is 4.90 Å². The molecule has 0 aromatic rings. The average molecular weight is 203 g/mol. The molecular weight excluding hydrogens is 186 g/mol. The van der Waals surface area contributed by atoms with Gasteiger partial charge >= 0.3 is 5.97 Å². The van der Waals surface area contributed by atoms with Crippen molar-refractivity contribution < 1.29 is 19.1 Å². The molecule has 0 saturated carbocycles. The van der Waals surface area contributed by atoms with Gasteiger partial charge in [-0.2, -0.15) is 0 Å². The Hall–Kier alpha value is -1.10. The first kappa shape index (κ1) is 12.9. The number of carbonyl (C=O) groups is 2. The molecule has 0 spiro atoms. The number of carbonyl (C=O) groups excluding carboxylic acids is 2. The van der Waals surface area contributed by atoms with Gasteiger partial charge in [0.05, 0.1) is 7.11 Å². The Labute approximate surface area is 84.0 Å². The fourth-order valence-electron chi connectivity index (χ4n) is 0.924. The highest BCUT2D eigenvalue weighted by molar-refractivity contribution is 5.84. The smallest absolute Gasteiger partial charge is 0.325 e. The van der Waals surface area contributed by atoms with Crippen molar-refractivity contribution in [2.75, 3.05) is 27.3 Å². The Morgan fingerprint density at radius 1 is 1.36 bits per heavy atom. The van der Waals surface area contributed by atoms with Crippen LogP contribution in [0.15, 0.2) is 0 Å². The third-order valence-corrected chi connectivity index (χ3v) is 1.94. The van der Waals surface area contributed by atoms with Crippen LogP contribution in [-0.2, 0) is 19.1 Å². The zero-order valence-electron chi connectivity index (χ0n) is 9.07. The van der Waals surface area contributed by atoms with Crippen LogP contribution in [0.5, 0.6) is 0 Å². The van der Waals surface area contributed by atoms with Crippen molar-refractivity contribution in [2.24, 2.45) is 0 Å². The lowest BCUT2D eigenvalue weighted by molar-refractivity contribution is -0.150. The van der Waals surface area contributed by atoms with Crippen molar-refractivity contribution in [3.63, 3.8) is 0 Å². The van der Waals surface area contributed by atoms with Crippen molar-refractivity contribution in [3.05, 3.63) is 0 Å². The van der Waals surface area contributed by atoms with E-state index in [2.05, 4.69) is 4.74 Å². The average Bonchev–Trinajstić information content (AvgIpc) is 2.23. The third-order valence-electron chi connectivity index (χ3n) is 1.94. The van der Waals surface area contributed by atoms with E-state index in [4.69, 9.17) is 4.74 Å². The van der Waals surface area contributed by atoms with Gasteiger partial charge < -0.3 is 14.4 Å². The molecule has 0 aliphatic rings. The minimum Gasteiger partial charge on any atom is -0.468 e. The van der Waals surface area contributed by atoms with Crippen LogP contribution in [0.25, 0.3) is 0 Å². The molecule has 0 aromatic carbocycles. The summed E-state index contributed by atoms with van der Waals surface area (Å²) in [6, 6.07) is 0. The van der Waals surface area contributed by atoms with Crippen LogP contribution in [0.2, 0.25) is 0 Å². The molecule has 0 N–H and O–H groups in total. The fourth-order valence-corrected chi connectivity index (χ4v) is 0.924. The summed E-state index contributed by atoms with van der Waals surface area (Å²) in [5.74, 6) is -0.635. The highest BCUT2D eigenvalue weighted by Gasteiger charge is 2.20. The van der Waals surface area contributed by atoms with Gasteiger partial charge in [-0.1, -0.05) is 0 Å². The summed E-state index contributed by atoms with van der Waals surface area (Å²) in [6.07, 6.45) is -0.528. The van der Waals surface area contributed by atoms with Gasteiger partial charge in [-0.25, -0.2) is 0 Å². The summed E-state index contributed by atoms with van der Waals surface area (Å²) >= 11 is 0. The molecule has 0 rings (SSSR count). The minimum absolute atomic E-state index is 0.0282. The number of amides is 1. The van der Waals surface area contributed by atoms with Crippen molar-refractivity contribution >= 4 is 11.9 Å². The van der Waals surface area contributed by atoms with E-state index < -0.39 is 12.1 Å². The second kappa shape index (κ2) is 6.37. The number of hydrogen-bond acceptors (Lipinski definition) is 4. The van der Waals surface area contributed by atoms with Crippen LogP contribution >= 0.6 is 0 Å². The van der Waals surface area contributed by atoms with Crippen molar-refractivity contribution in [2.45, 2.75) is 20.0 Å². The number of methoxy groups -OCH3 is 2. The van der Waals surface area contributed by atoms with E-state index in [0.29, 0.717) is 6.54 Å². The van der Waals surface area contributed by atoms with Gasteiger partial charge in [-0.05, 0) is 13.8 Å². The molecule has 1 unspecified atom stereocenters. The fraction of sp³-hybridized carbons (Fsp3) is 0.778. The normalized spacial score (nSPS) is 12.0. The van der Waals surface area contributed by atoms with Crippen LogP contribution in [0.3, 0.4) is 0 Å².